The summed E-state index contributed by atoms with van der Waals surface area (Å²) >= 11 is 0. The number of ether oxygens (including phenoxy) is 1. The zero-order valence-corrected chi connectivity index (χ0v) is 17.9. The molecule has 2 fully saturated rings. The summed E-state index contributed by atoms with van der Waals surface area (Å²) in [6.07, 6.45) is 5.74. The summed E-state index contributed by atoms with van der Waals surface area (Å²) in [5.41, 5.74) is 0.637. The molecule has 6 nitrogen and oxygen atoms in total. The molecule has 1 aliphatic heterocycles. The normalized spacial score (nSPS) is 22.9. The van der Waals surface area contributed by atoms with E-state index in [1.807, 2.05) is 4.90 Å². The van der Waals surface area contributed by atoms with Gasteiger partial charge in [-0.3, -0.25) is 14.5 Å². The molecule has 6 heteroatoms. The lowest BCUT2D eigenvalue weighted by Crippen LogP contribution is -2.50. The van der Waals surface area contributed by atoms with Crippen molar-refractivity contribution in [2.75, 3.05) is 46.4 Å². The van der Waals surface area contributed by atoms with Gasteiger partial charge in [0.15, 0.2) is 0 Å². The van der Waals surface area contributed by atoms with E-state index in [1.54, 1.807) is 31.4 Å². The average Bonchev–Trinajstić information content (AvgIpc) is 2.74. The molecule has 1 saturated carbocycles. The number of hydrogen-bond acceptors (Lipinski definition) is 4. The van der Waals surface area contributed by atoms with E-state index >= 15 is 0 Å². The van der Waals surface area contributed by atoms with Gasteiger partial charge < -0.3 is 15.0 Å². The summed E-state index contributed by atoms with van der Waals surface area (Å²) < 4.78 is 5.12. The zero-order chi connectivity index (χ0) is 20.6. The molecule has 1 aliphatic carbocycles. The van der Waals surface area contributed by atoms with Crippen molar-refractivity contribution >= 4 is 11.8 Å². The third-order valence-corrected chi connectivity index (χ3v) is 6.30. The average molecular weight is 402 g/mol. The molecular formula is C23H35N3O3. The van der Waals surface area contributed by atoms with Gasteiger partial charge >= 0.3 is 0 Å². The van der Waals surface area contributed by atoms with E-state index < -0.39 is 0 Å². The van der Waals surface area contributed by atoms with Crippen LogP contribution < -0.4 is 10.1 Å². The first-order valence-electron chi connectivity index (χ1n) is 11.0. The molecule has 1 aromatic carbocycles. The van der Waals surface area contributed by atoms with E-state index in [1.165, 1.54) is 25.7 Å². The van der Waals surface area contributed by atoms with Crippen LogP contribution in [0.2, 0.25) is 0 Å². The lowest BCUT2D eigenvalue weighted by atomic mass is 9.80. The Hall–Kier alpha value is -2.08. The highest BCUT2D eigenvalue weighted by atomic mass is 16.5. The predicted molar refractivity (Wildman–Crippen MR) is 114 cm³/mol. The Labute approximate surface area is 174 Å². The van der Waals surface area contributed by atoms with Gasteiger partial charge in [0.2, 0.25) is 5.91 Å². The number of amides is 2. The first-order valence-corrected chi connectivity index (χ1v) is 11.0. The molecule has 160 valence electrons. The number of methoxy groups -OCH3 is 1. The van der Waals surface area contributed by atoms with Crippen molar-refractivity contribution in [1.29, 1.82) is 0 Å². The van der Waals surface area contributed by atoms with Crippen LogP contribution in [0.5, 0.6) is 5.75 Å². The van der Waals surface area contributed by atoms with Crippen LogP contribution in [0.3, 0.4) is 0 Å². The standard InChI is InChI=1S/C23H35N3O3/c1-18-4-3-5-19(16-18)17-22(27)26-14-12-25(13-15-26)11-10-24-23(28)20-6-8-21(29-2)9-7-20/h6-9,18-19H,3-5,10-17H2,1-2H3,(H,24,28). The van der Waals surface area contributed by atoms with Crippen LogP contribution in [0, 0.1) is 11.8 Å². The second-order valence-electron chi connectivity index (χ2n) is 8.55. The van der Waals surface area contributed by atoms with Gasteiger partial charge in [0.05, 0.1) is 7.11 Å². The van der Waals surface area contributed by atoms with E-state index in [0.29, 0.717) is 23.9 Å². The number of hydrogen-bond donors (Lipinski definition) is 1. The molecule has 2 aliphatic rings. The molecule has 3 rings (SSSR count). The van der Waals surface area contributed by atoms with Crippen molar-refractivity contribution in [3.05, 3.63) is 29.8 Å². The molecule has 0 aromatic heterocycles. The number of piperazine rings is 1. The lowest BCUT2D eigenvalue weighted by molar-refractivity contribution is -0.134. The van der Waals surface area contributed by atoms with Crippen LogP contribution in [0.1, 0.15) is 49.4 Å². The maximum atomic E-state index is 12.6. The Balaban J connectivity index is 1.33. The Bertz CT molecular complexity index is 668. The third-order valence-electron chi connectivity index (χ3n) is 6.30. The monoisotopic (exact) mass is 401 g/mol. The number of rotatable bonds is 7. The van der Waals surface area contributed by atoms with Crippen molar-refractivity contribution in [1.82, 2.24) is 15.1 Å². The van der Waals surface area contributed by atoms with Crippen LogP contribution in [0.25, 0.3) is 0 Å². The number of nitrogens with zero attached hydrogens (tertiary/aromatic N) is 2. The van der Waals surface area contributed by atoms with Gasteiger partial charge in [0.25, 0.3) is 5.91 Å². The Morgan fingerprint density at radius 3 is 2.48 bits per heavy atom. The van der Waals surface area contributed by atoms with E-state index in [9.17, 15) is 9.59 Å². The molecule has 0 spiro atoms. The SMILES string of the molecule is COc1ccc(C(=O)NCCN2CCN(C(=O)CC3CCCC(C)C3)CC2)cc1. The largest absolute Gasteiger partial charge is 0.497 e. The van der Waals surface area contributed by atoms with Crippen LogP contribution in [-0.2, 0) is 4.79 Å². The molecule has 1 N–H and O–H groups in total. The summed E-state index contributed by atoms with van der Waals surface area (Å²) in [6, 6.07) is 7.12. The van der Waals surface area contributed by atoms with Gasteiger partial charge in [-0.15, -0.1) is 0 Å². The fraction of sp³-hybridized carbons (Fsp3) is 0.652. The molecule has 29 heavy (non-hydrogen) atoms. The van der Waals surface area contributed by atoms with E-state index in [4.69, 9.17) is 4.74 Å². The highest BCUT2D eigenvalue weighted by molar-refractivity contribution is 5.94. The Kier molecular flexibility index (Phi) is 7.92. The smallest absolute Gasteiger partial charge is 0.251 e. The molecule has 1 heterocycles. The summed E-state index contributed by atoms with van der Waals surface area (Å²) in [6.45, 7) is 7.09. The van der Waals surface area contributed by atoms with Gasteiger partial charge in [-0.05, 0) is 48.9 Å². The summed E-state index contributed by atoms with van der Waals surface area (Å²) in [5, 5.41) is 2.97. The van der Waals surface area contributed by atoms with Crippen molar-refractivity contribution in [3.63, 3.8) is 0 Å². The van der Waals surface area contributed by atoms with Crippen LogP contribution in [-0.4, -0.2) is 68.0 Å². The maximum absolute atomic E-state index is 12.6. The van der Waals surface area contributed by atoms with Crippen molar-refractivity contribution in [2.45, 2.75) is 39.0 Å². The lowest BCUT2D eigenvalue weighted by Gasteiger charge is -2.36. The van der Waals surface area contributed by atoms with E-state index in [-0.39, 0.29) is 5.91 Å². The second-order valence-corrected chi connectivity index (χ2v) is 8.55. The molecular weight excluding hydrogens is 366 g/mol. The van der Waals surface area contributed by atoms with E-state index in [2.05, 4.69) is 17.1 Å². The molecule has 0 bridgehead atoms. The van der Waals surface area contributed by atoms with Gasteiger partial charge in [0, 0.05) is 51.3 Å². The molecule has 1 aromatic rings. The van der Waals surface area contributed by atoms with Gasteiger partial charge in [-0.2, -0.15) is 0 Å². The van der Waals surface area contributed by atoms with Gasteiger partial charge in [-0.25, -0.2) is 0 Å². The summed E-state index contributed by atoms with van der Waals surface area (Å²) in [5.74, 6) is 2.36. The van der Waals surface area contributed by atoms with Crippen LogP contribution in [0.4, 0.5) is 0 Å². The minimum atomic E-state index is -0.0665. The fourth-order valence-corrected chi connectivity index (χ4v) is 4.51. The third kappa shape index (κ3) is 6.46. The quantitative estimate of drug-likeness (QED) is 0.763. The topological polar surface area (TPSA) is 61.9 Å². The van der Waals surface area contributed by atoms with Crippen molar-refractivity contribution in [3.8, 4) is 5.75 Å². The summed E-state index contributed by atoms with van der Waals surface area (Å²) in [7, 11) is 1.61. The van der Waals surface area contributed by atoms with Crippen LogP contribution in [0.15, 0.2) is 24.3 Å². The molecule has 2 amide bonds. The number of benzene rings is 1. The number of carbonyl (C=O) groups excluding carboxylic acids is 2. The molecule has 1 saturated heterocycles. The minimum absolute atomic E-state index is 0.0665. The van der Waals surface area contributed by atoms with Gasteiger partial charge in [0.1, 0.15) is 5.75 Å². The zero-order valence-electron chi connectivity index (χ0n) is 17.9. The first kappa shape index (κ1) is 21.6. The van der Waals surface area contributed by atoms with Gasteiger partial charge in [-0.1, -0.05) is 19.8 Å². The highest BCUT2D eigenvalue weighted by Crippen LogP contribution is 2.31. The summed E-state index contributed by atoms with van der Waals surface area (Å²) in [4.78, 5) is 29.2. The maximum Gasteiger partial charge on any atom is 0.251 e. The van der Waals surface area contributed by atoms with Crippen LogP contribution >= 0.6 is 0 Å². The fourth-order valence-electron chi connectivity index (χ4n) is 4.51. The number of carbonyl (C=O) groups is 2. The second kappa shape index (κ2) is 10.6. The van der Waals surface area contributed by atoms with E-state index in [0.717, 1.165) is 50.8 Å². The highest BCUT2D eigenvalue weighted by Gasteiger charge is 2.26. The Morgan fingerprint density at radius 2 is 1.83 bits per heavy atom. The first-order chi connectivity index (χ1) is 14.0. The molecule has 2 atom stereocenters. The number of nitrogens with one attached hydrogen (secondary N) is 1. The van der Waals surface area contributed by atoms with Crippen molar-refractivity contribution in [2.24, 2.45) is 11.8 Å². The minimum Gasteiger partial charge on any atom is -0.497 e. The van der Waals surface area contributed by atoms with Crippen molar-refractivity contribution < 1.29 is 14.3 Å². The molecule has 0 radical (unpaired) electrons. The predicted octanol–water partition coefficient (Wildman–Crippen LogP) is 2.79. The molecule has 2 unspecified atom stereocenters. The Morgan fingerprint density at radius 1 is 1.10 bits per heavy atom.